The SMILES string of the molecule is Cc1ccccc1N=c1scc(-c2cccc(Cl)c2)n1N=Cc1c[nH]c2ccc(Br)cc12. The number of benzene rings is 3. The summed E-state index contributed by atoms with van der Waals surface area (Å²) in [5.41, 5.74) is 6.01. The zero-order chi connectivity index (χ0) is 22.1. The topological polar surface area (TPSA) is 45.4 Å². The third-order valence-electron chi connectivity index (χ3n) is 5.13. The van der Waals surface area contributed by atoms with Crippen LogP contribution in [-0.2, 0) is 0 Å². The quantitative estimate of drug-likeness (QED) is 0.238. The highest BCUT2D eigenvalue weighted by Crippen LogP contribution is 2.25. The molecule has 7 heteroatoms. The molecule has 0 bridgehead atoms. The van der Waals surface area contributed by atoms with Gasteiger partial charge in [0, 0.05) is 43.1 Å². The number of aromatic nitrogens is 2. The van der Waals surface area contributed by atoms with E-state index in [1.165, 1.54) is 0 Å². The summed E-state index contributed by atoms with van der Waals surface area (Å²) < 4.78 is 2.90. The number of rotatable bonds is 4. The van der Waals surface area contributed by atoms with Crippen molar-refractivity contribution in [3.05, 3.63) is 104 Å². The molecular weight excluding hydrogens is 504 g/mol. The van der Waals surface area contributed by atoms with Gasteiger partial charge in [-0.15, -0.1) is 11.3 Å². The summed E-state index contributed by atoms with van der Waals surface area (Å²) in [6.45, 7) is 2.06. The van der Waals surface area contributed by atoms with E-state index < -0.39 is 0 Å². The Labute approximate surface area is 202 Å². The molecule has 4 nitrogen and oxygen atoms in total. The Balaban J connectivity index is 1.68. The zero-order valence-corrected chi connectivity index (χ0v) is 20.2. The number of H-pyrrole nitrogens is 1. The molecule has 0 aliphatic rings. The van der Waals surface area contributed by atoms with Crippen molar-refractivity contribution < 1.29 is 0 Å². The fourth-order valence-electron chi connectivity index (χ4n) is 3.47. The maximum Gasteiger partial charge on any atom is 0.211 e. The number of para-hydroxylation sites is 1. The third kappa shape index (κ3) is 4.21. The molecule has 0 fully saturated rings. The van der Waals surface area contributed by atoms with Gasteiger partial charge in [0.15, 0.2) is 0 Å². The van der Waals surface area contributed by atoms with Crippen LogP contribution in [0, 0.1) is 6.92 Å². The molecule has 0 saturated heterocycles. The lowest BCUT2D eigenvalue weighted by molar-refractivity contribution is 0.854. The van der Waals surface area contributed by atoms with E-state index in [2.05, 4.69) is 45.4 Å². The first-order valence-corrected chi connectivity index (χ1v) is 12.0. The van der Waals surface area contributed by atoms with Gasteiger partial charge in [-0.3, -0.25) is 0 Å². The van der Waals surface area contributed by atoms with Crippen LogP contribution in [0.4, 0.5) is 5.69 Å². The molecule has 0 saturated carbocycles. The summed E-state index contributed by atoms with van der Waals surface area (Å²) in [7, 11) is 0. The number of hydrogen-bond donors (Lipinski definition) is 1. The molecule has 0 aliphatic carbocycles. The summed E-state index contributed by atoms with van der Waals surface area (Å²) in [4.78, 5) is 8.99. The highest BCUT2D eigenvalue weighted by Gasteiger charge is 2.09. The minimum atomic E-state index is 0.683. The number of fused-ring (bicyclic) bond motifs is 1. The number of hydrogen-bond acceptors (Lipinski definition) is 3. The van der Waals surface area contributed by atoms with Crippen LogP contribution in [0.25, 0.3) is 22.2 Å². The van der Waals surface area contributed by atoms with Crippen molar-refractivity contribution >= 4 is 61.7 Å². The monoisotopic (exact) mass is 520 g/mol. The van der Waals surface area contributed by atoms with E-state index in [0.717, 1.165) is 48.2 Å². The van der Waals surface area contributed by atoms with Crippen LogP contribution in [0.2, 0.25) is 5.02 Å². The van der Waals surface area contributed by atoms with Crippen molar-refractivity contribution in [3.63, 3.8) is 0 Å². The van der Waals surface area contributed by atoms with Gasteiger partial charge >= 0.3 is 0 Å². The fraction of sp³-hybridized carbons (Fsp3) is 0.0400. The fourth-order valence-corrected chi connectivity index (χ4v) is 4.87. The molecule has 32 heavy (non-hydrogen) atoms. The summed E-state index contributed by atoms with van der Waals surface area (Å²) in [5.74, 6) is 0. The number of halogens is 2. The highest BCUT2D eigenvalue weighted by molar-refractivity contribution is 9.10. The number of aromatic amines is 1. The van der Waals surface area contributed by atoms with Crippen LogP contribution >= 0.6 is 38.9 Å². The van der Waals surface area contributed by atoms with Crippen LogP contribution in [0.5, 0.6) is 0 Å². The van der Waals surface area contributed by atoms with E-state index >= 15 is 0 Å². The second-order valence-electron chi connectivity index (χ2n) is 7.30. The van der Waals surface area contributed by atoms with Crippen molar-refractivity contribution in [2.45, 2.75) is 6.92 Å². The molecule has 0 spiro atoms. The van der Waals surface area contributed by atoms with Gasteiger partial charge in [0.1, 0.15) is 0 Å². The molecule has 158 valence electrons. The normalized spacial score (nSPS) is 12.3. The van der Waals surface area contributed by atoms with E-state index in [1.54, 1.807) is 11.3 Å². The Morgan fingerprint density at radius 2 is 1.94 bits per heavy atom. The third-order valence-corrected chi connectivity index (χ3v) is 6.67. The maximum absolute atomic E-state index is 6.27. The Kier molecular flexibility index (Phi) is 5.83. The lowest BCUT2D eigenvalue weighted by Gasteiger charge is -2.04. The van der Waals surface area contributed by atoms with Crippen LogP contribution in [-0.4, -0.2) is 15.9 Å². The highest BCUT2D eigenvalue weighted by atomic mass is 79.9. The van der Waals surface area contributed by atoms with Gasteiger partial charge in [-0.1, -0.05) is 57.9 Å². The first kappa shape index (κ1) is 20.9. The van der Waals surface area contributed by atoms with Crippen molar-refractivity contribution in [1.82, 2.24) is 9.66 Å². The van der Waals surface area contributed by atoms with Crippen LogP contribution < -0.4 is 4.80 Å². The van der Waals surface area contributed by atoms with E-state index in [9.17, 15) is 0 Å². The molecule has 0 radical (unpaired) electrons. The number of thiazole rings is 1. The van der Waals surface area contributed by atoms with Gasteiger partial charge in [-0.05, 0) is 48.9 Å². The molecule has 3 aromatic carbocycles. The Bertz CT molecular complexity index is 1530. The van der Waals surface area contributed by atoms with Gasteiger partial charge < -0.3 is 4.98 Å². The Hall–Kier alpha value is -2.93. The number of aryl methyl sites for hydroxylation is 1. The van der Waals surface area contributed by atoms with E-state index in [4.69, 9.17) is 21.7 Å². The summed E-state index contributed by atoms with van der Waals surface area (Å²) in [6.07, 6.45) is 3.83. The van der Waals surface area contributed by atoms with Crippen molar-refractivity contribution in [3.8, 4) is 11.3 Å². The second-order valence-corrected chi connectivity index (χ2v) is 9.49. The Morgan fingerprint density at radius 1 is 1.06 bits per heavy atom. The van der Waals surface area contributed by atoms with Crippen molar-refractivity contribution in [2.75, 3.05) is 0 Å². The van der Waals surface area contributed by atoms with Gasteiger partial charge in [0.05, 0.1) is 17.6 Å². The second kappa shape index (κ2) is 8.90. The smallest absolute Gasteiger partial charge is 0.211 e. The predicted molar refractivity (Wildman–Crippen MR) is 138 cm³/mol. The van der Waals surface area contributed by atoms with Crippen LogP contribution in [0.1, 0.15) is 11.1 Å². The van der Waals surface area contributed by atoms with Crippen LogP contribution in [0.3, 0.4) is 0 Å². The maximum atomic E-state index is 6.27. The molecule has 0 unspecified atom stereocenters. The molecule has 5 rings (SSSR count). The number of nitrogens with zero attached hydrogens (tertiary/aromatic N) is 3. The average Bonchev–Trinajstić information content (AvgIpc) is 3.37. The van der Waals surface area contributed by atoms with E-state index in [1.807, 2.05) is 71.7 Å². The lowest BCUT2D eigenvalue weighted by Crippen LogP contribution is -2.11. The summed E-state index contributed by atoms with van der Waals surface area (Å²) >= 11 is 11.4. The molecule has 5 aromatic rings. The largest absolute Gasteiger partial charge is 0.361 e. The minimum absolute atomic E-state index is 0.683. The van der Waals surface area contributed by atoms with Gasteiger partial charge in [-0.2, -0.15) is 5.10 Å². The average molecular weight is 522 g/mol. The summed E-state index contributed by atoms with van der Waals surface area (Å²) in [5, 5.41) is 8.69. The molecule has 0 atom stereocenters. The van der Waals surface area contributed by atoms with Crippen molar-refractivity contribution in [1.29, 1.82) is 0 Å². The van der Waals surface area contributed by atoms with Gasteiger partial charge in [0.2, 0.25) is 4.80 Å². The minimum Gasteiger partial charge on any atom is -0.361 e. The zero-order valence-electron chi connectivity index (χ0n) is 17.1. The number of nitrogens with one attached hydrogen (secondary N) is 1. The van der Waals surface area contributed by atoms with Gasteiger partial charge in [-0.25, -0.2) is 9.67 Å². The molecule has 2 aromatic heterocycles. The molecular formula is C25H18BrClN4S. The predicted octanol–water partition coefficient (Wildman–Crippen LogP) is 7.54. The van der Waals surface area contributed by atoms with E-state index in [-0.39, 0.29) is 0 Å². The molecule has 0 aliphatic heterocycles. The lowest BCUT2D eigenvalue weighted by atomic mass is 10.2. The standard InChI is InChI=1S/C25H18BrClN4S/c1-16-5-2-3-8-22(16)30-25-31(24(15-32-25)17-6-4-7-20(27)11-17)29-14-18-13-28-23-10-9-19(26)12-21(18)23/h2-15,28H,1H3. The first-order chi connectivity index (χ1) is 15.6. The van der Waals surface area contributed by atoms with Crippen LogP contribution in [0.15, 0.2) is 92.9 Å². The molecule has 0 amide bonds. The molecule has 2 heterocycles. The van der Waals surface area contributed by atoms with Gasteiger partial charge in [0.25, 0.3) is 0 Å². The first-order valence-electron chi connectivity index (χ1n) is 9.96. The van der Waals surface area contributed by atoms with Crippen molar-refractivity contribution in [2.24, 2.45) is 10.1 Å². The Morgan fingerprint density at radius 3 is 2.78 bits per heavy atom. The summed E-state index contributed by atoms with van der Waals surface area (Å²) in [6, 6.07) is 22.0. The molecule has 1 N–H and O–H groups in total. The van der Waals surface area contributed by atoms with E-state index in [0.29, 0.717) is 5.02 Å².